The van der Waals surface area contributed by atoms with Crippen molar-refractivity contribution in [3.05, 3.63) is 72.4 Å². The zero-order chi connectivity index (χ0) is 36.3. The number of anilines is 3. The maximum Gasteiger partial charge on any atom is 0.328 e. The maximum atomic E-state index is 12.2. The number of nitrogens with zero attached hydrogens (tertiary/aromatic N) is 11. The highest BCUT2D eigenvalue weighted by molar-refractivity contribution is 6.05. The average molecular weight is 714 g/mol. The Kier molecular flexibility index (Phi) is 9.68. The van der Waals surface area contributed by atoms with Crippen molar-refractivity contribution in [2.75, 3.05) is 60.9 Å². The number of aromatic nitrogens is 7. The van der Waals surface area contributed by atoms with Gasteiger partial charge in [0, 0.05) is 80.6 Å². The number of carbonyl (C=O) groups is 2. The van der Waals surface area contributed by atoms with Crippen molar-refractivity contribution in [2.45, 2.75) is 51.4 Å². The van der Waals surface area contributed by atoms with Crippen molar-refractivity contribution < 1.29 is 9.59 Å². The topological polar surface area (TPSA) is 166 Å². The largest absolute Gasteiger partial charge is 0.383 e. The van der Waals surface area contributed by atoms with Crippen LogP contribution in [0.4, 0.5) is 21.9 Å². The molecular formula is C38H43N13O2. The molecule has 1 saturated carbocycles. The highest BCUT2D eigenvalue weighted by Gasteiger charge is 2.27. The number of fused-ring (bicyclic) bond motifs is 1. The summed E-state index contributed by atoms with van der Waals surface area (Å²) in [5.74, 6) is 1.53. The number of imide groups is 1. The summed E-state index contributed by atoms with van der Waals surface area (Å²) in [6.45, 7) is 8.36. The van der Waals surface area contributed by atoms with E-state index in [-0.39, 0.29) is 11.9 Å². The Hall–Kier alpha value is -5.88. The second kappa shape index (κ2) is 15.0. The minimum Gasteiger partial charge on any atom is -0.383 e. The monoisotopic (exact) mass is 713 g/mol. The number of nitrogens with one attached hydrogen (secondary N) is 2. The van der Waals surface area contributed by atoms with Crippen molar-refractivity contribution in [3.63, 3.8) is 0 Å². The first-order valence-corrected chi connectivity index (χ1v) is 18.5. The van der Waals surface area contributed by atoms with Crippen LogP contribution in [0.2, 0.25) is 0 Å². The number of rotatable bonds is 10. The van der Waals surface area contributed by atoms with E-state index in [9.17, 15) is 14.9 Å². The molecule has 0 atom stereocenters. The van der Waals surface area contributed by atoms with Gasteiger partial charge in [-0.2, -0.15) is 15.0 Å². The number of carbonyl (C=O) groups excluding carboxylic acids is 2. The normalized spacial score (nSPS) is 19.7. The van der Waals surface area contributed by atoms with E-state index in [1.54, 1.807) is 34.2 Å². The van der Waals surface area contributed by atoms with Gasteiger partial charge in [-0.3, -0.25) is 19.9 Å². The fourth-order valence-electron chi connectivity index (χ4n) is 7.79. The number of hydrogen-bond acceptors (Lipinski definition) is 11. The molecule has 53 heavy (non-hydrogen) atoms. The van der Waals surface area contributed by atoms with Crippen LogP contribution in [0.15, 0.2) is 61.2 Å². The van der Waals surface area contributed by atoms with Crippen LogP contribution in [-0.4, -0.2) is 97.4 Å². The Morgan fingerprint density at radius 2 is 1.74 bits per heavy atom. The number of benzene rings is 1. The Morgan fingerprint density at radius 3 is 2.49 bits per heavy atom. The van der Waals surface area contributed by atoms with Crippen LogP contribution < -0.4 is 20.4 Å². The van der Waals surface area contributed by atoms with Gasteiger partial charge >= 0.3 is 6.03 Å². The molecule has 2 N–H and O–H groups in total. The predicted octanol–water partition coefficient (Wildman–Crippen LogP) is 4.63. The van der Waals surface area contributed by atoms with Crippen LogP contribution in [0.25, 0.3) is 22.5 Å². The van der Waals surface area contributed by atoms with Gasteiger partial charge in [0.05, 0.1) is 35.5 Å². The molecule has 272 valence electrons. The van der Waals surface area contributed by atoms with Gasteiger partial charge in [0.2, 0.25) is 5.91 Å². The average Bonchev–Trinajstić information content (AvgIpc) is 3.86. The molecule has 5 aromatic rings. The molecule has 3 fully saturated rings. The van der Waals surface area contributed by atoms with E-state index in [1.807, 2.05) is 22.9 Å². The van der Waals surface area contributed by atoms with E-state index in [4.69, 9.17) is 4.98 Å². The zero-order valence-electron chi connectivity index (χ0n) is 29.9. The van der Waals surface area contributed by atoms with Gasteiger partial charge in [-0.05, 0) is 81.8 Å². The molecule has 3 aliphatic rings. The van der Waals surface area contributed by atoms with Gasteiger partial charge in [0.25, 0.3) is 0 Å². The fourth-order valence-corrected chi connectivity index (χ4v) is 7.79. The van der Waals surface area contributed by atoms with E-state index in [1.165, 1.54) is 24.9 Å². The molecule has 15 heteroatoms. The second-order valence-corrected chi connectivity index (χ2v) is 14.1. The maximum absolute atomic E-state index is 12.2. The molecule has 2 saturated heterocycles. The minimum absolute atomic E-state index is 0.218. The van der Waals surface area contributed by atoms with Gasteiger partial charge < -0.3 is 10.2 Å². The van der Waals surface area contributed by atoms with E-state index in [0.29, 0.717) is 35.9 Å². The number of urea groups is 1. The lowest BCUT2D eigenvalue weighted by atomic mass is 9.79. The van der Waals surface area contributed by atoms with E-state index in [0.717, 1.165) is 86.2 Å². The molecule has 6 heterocycles. The van der Waals surface area contributed by atoms with Crippen LogP contribution in [0.5, 0.6) is 0 Å². The molecule has 0 spiro atoms. The first kappa shape index (κ1) is 34.2. The minimum atomic E-state index is -0.351. The van der Waals surface area contributed by atoms with Gasteiger partial charge in [-0.1, -0.05) is 5.21 Å². The SMILES string of the molecule is CCNc1cc(-n2ncc3cc(C#N)cnc32)ncc1-n1cc(C2CCC(CCN3CCN(c4ccc(N5CCC(=O)NC5=O)cc4)CC3)CC2)nn1. The van der Waals surface area contributed by atoms with E-state index in [2.05, 4.69) is 72.2 Å². The first-order chi connectivity index (χ1) is 25.9. The van der Waals surface area contributed by atoms with Crippen LogP contribution in [0.1, 0.15) is 62.6 Å². The fraction of sp³-hybridized carbons (Fsp3) is 0.421. The first-order valence-electron chi connectivity index (χ1n) is 18.5. The quantitative estimate of drug-likeness (QED) is 0.207. The molecule has 1 aromatic carbocycles. The van der Waals surface area contributed by atoms with Crippen LogP contribution in [0.3, 0.4) is 0 Å². The Bertz CT molecular complexity index is 2140. The van der Waals surface area contributed by atoms with Crippen LogP contribution in [-0.2, 0) is 4.79 Å². The summed E-state index contributed by atoms with van der Waals surface area (Å²) in [5.41, 5.74) is 5.83. The van der Waals surface area contributed by atoms with Gasteiger partial charge in [-0.25, -0.2) is 19.4 Å². The molecule has 3 amide bonds. The van der Waals surface area contributed by atoms with E-state index < -0.39 is 0 Å². The molecule has 0 unspecified atom stereocenters. The lowest BCUT2D eigenvalue weighted by Crippen LogP contribution is -2.49. The summed E-state index contributed by atoms with van der Waals surface area (Å²) >= 11 is 0. The van der Waals surface area contributed by atoms with Crippen LogP contribution >= 0.6 is 0 Å². The molecule has 2 aliphatic heterocycles. The van der Waals surface area contributed by atoms with Crippen molar-refractivity contribution in [2.24, 2.45) is 5.92 Å². The summed E-state index contributed by atoms with van der Waals surface area (Å²) < 4.78 is 3.50. The molecule has 8 rings (SSSR count). The third-order valence-electron chi connectivity index (χ3n) is 10.8. The molecule has 0 bridgehead atoms. The van der Waals surface area contributed by atoms with Crippen molar-refractivity contribution in [3.8, 4) is 17.6 Å². The molecule has 15 nitrogen and oxygen atoms in total. The van der Waals surface area contributed by atoms with Gasteiger partial charge in [0.1, 0.15) is 11.8 Å². The summed E-state index contributed by atoms with van der Waals surface area (Å²) in [6, 6.07) is 13.6. The number of nitriles is 1. The number of hydrogen-bond donors (Lipinski definition) is 2. The summed E-state index contributed by atoms with van der Waals surface area (Å²) in [5, 5.41) is 29.5. The Balaban J connectivity index is 0.818. The smallest absolute Gasteiger partial charge is 0.328 e. The lowest BCUT2D eigenvalue weighted by Gasteiger charge is -2.37. The zero-order valence-corrected chi connectivity index (χ0v) is 29.9. The highest BCUT2D eigenvalue weighted by atomic mass is 16.2. The molecule has 1 aliphatic carbocycles. The predicted molar refractivity (Wildman–Crippen MR) is 200 cm³/mol. The molecule has 4 aromatic heterocycles. The summed E-state index contributed by atoms with van der Waals surface area (Å²) in [4.78, 5) is 39.5. The third kappa shape index (κ3) is 7.27. The summed E-state index contributed by atoms with van der Waals surface area (Å²) in [7, 11) is 0. The van der Waals surface area contributed by atoms with Crippen LogP contribution in [0, 0.1) is 17.2 Å². The number of pyridine rings is 2. The number of amides is 3. The van der Waals surface area contributed by atoms with Crippen molar-refractivity contribution in [1.29, 1.82) is 5.26 Å². The molecular weight excluding hydrogens is 671 g/mol. The van der Waals surface area contributed by atoms with E-state index >= 15 is 0 Å². The highest BCUT2D eigenvalue weighted by Crippen LogP contribution is 2.37. The van der Waals surface area contributed by atoms with Gasteiger partial charge in [-0.15, -0.1) is 5.10 Å². The Labute approximate surface area is 307 Å². The second-order valence-electron chi connectivity index (χ2n) is 14.1. The van der Waals surface area contributed by atoms with Crippen molar-refractivity contribution >= 4 is 40.0 Å². The summed E-state index contributed by atoms with van der Waals surface area (Å²) in [6.07, 6.45) is 13.3. The van der Waals surface area contributed by atoms with Gasteiger partial charge in [0.15, 0.2) is 11.5 Å². The van der Waals surface area contributed by atoms with Crippen molar-refractivity contribution in [1.82, 2.24) is 45.0 Å². The lowest BCUT2D eigenvalue weighted by molar-refractivity contribution is -0.120. The standard InChI is InChI=1S/C38H43N13O2/c1-2-40-32-20-35(51-37-29(23-43-51)19-27(21-39)22-42-37)41-24-34(32)50-25-33(45-46-50)28-5-3-26(4-6-28)11-13-47-15-17-48(18-16-47)30-7-9-31(10-8-30)49-14-12-36(52)44-38(49)53/h7-10,19-20,22-26,28H,2-6,11-18H2,1H3,(H,40,41)(H,44,52,53). The third-order valence-corrected chi connectivity index (χ3v) is 10.8. The Morgan fingerprint density at radius 1 is 0.943 bits per heavy atom. The molecule has 0 radical (unpaired) electrons. The number of piperazine rings is 1.